The highest BCUT2D eigenvalue weighted by Gasteiger charge is 2.26. The average molecular weight is 327 g/mol. The molecule has 1 fully saturated rings. The topological polar surface area (TPSA) is 46.2 Å². The zero-order valence-corrected chi connectivity index (χ0v) is 11.8. The Bertz CT molecular complexity index is 382. The average Bonchev–Trinajstić information content (AvgIpc) is 2.94. The first-order chi connectivity index (χ1) is 7.08. The largest absolute Gasteiger partial charge is 0.506 e. The Kier molecular flexibility index (Phi) is 4.92. The Morgan fingerprint density at radius 1 is 1.50 bits per heavy atom. The van der Waals surface area contributed by atoms with Gasteiger partial charge in [0, 0.05) is 16.1 Å². The molecular weight excluding hydrogens is 313 g/mol. The van der Waals surface area contributed by atoms with E-state index in [0.717, 1.165) is 22.4 Å². The van der Waals surface area contributed by atoms with Crippen molar-refractivity contribution in [2.75, 3.05) is 0 Å². The molecule has 0 aromatic heterocycles. The predicted octanol–water partition coefficient (Wildman–Crippen LogP) is 4.03. The van der Waals surface area contributed by atoms with Gasteiger partial charge >= 0.3 is 0 Å². The zero-order chi connectivity index (χ0) is 11.0. The van der Waals surface area contributed by atoms with Crippen LogP contribution in [0.5, 0.6) is 5.75 Å². The van der Waals surface area contributed by atoms with Crippen LogP contribution < -0.4 is 5.73 Å². The van der Waals surface area contributed by atoms with Crippen molar-refractivity contribution in [1.82, 2.24) is 0 Å². The number of rotatable bonds is 3. The van der Waals surface area contributed by atoms with Crippen molar-refractivity contribution >= 4 is 39.9 Å². The van der Waals surface area contributed by atoms with Gasteiger partial charge in [0.2, 0.25) is 0 Å². The molecule has 2 rings (SSSR count). The number of halogens is 3. The summed E-state index contributed by atoms with van der Waals surface area (Å²) in [4.78, 5) is 0. The molecule has 0 unspecified atom stereocenters. The molecule has 0 aliphatic heterocycles. The van der Waals surface area contributed by atoms with Gasteiger partial charge in [0.25, 0.3) is 0 Å². The van der Waals surface area contributed by atoms with Gasteiger partial charge in [-0.1, -0.05) is 40.4 Å². The van der Waals surface area contributed by atoms with Crippen molar-refractivity contribution < 1.29 is 5.11 Å². The van der Waals surface area contributed by atoms with Crippen LogP contribution in [0.25, 0.3) is 0 Å². The van der Waals surface area contributed by atoms with Crippen LogP contribution in [-0.2, 0) is 0 Å². The summed E-state index contributed by atoms with van der Waals surface area (Å²) in [7, 11) is 0. The molecule has 1 aromatic carbocycles. The van der Waals surface area contributed by atoms with Gasteiger partial charge in [0.15, 0.2) is 0 Å². The lowest BCUT2D eigenvalue weighted by Gasteiger charge is -2.14. The van der Waals surface area contributed by atoms with E-state index in [1.54, 1.807) is 6.07 Å². The van der Waals surface area contributed by atoms with Crippen LogP contribution in [0.2, 0.25) is 5.02 Å². The summed E-state index contributed by atoms with van der Waals surface area (Å²) in [5, 5.41) is 10.1. The Morgan fingerprint density at radius 2 is 2.12 bits per heavy atom. The first kappa shape index (κ1) is 14.1. The monoisotopic (exact) mass is 325 g/mol. The van der Waals surface area contributed by atoms with Gasteiger partial charge in [-0.3, -0.25) is 0 Å². The molecule has 16 heavy (non-hydrogen) atoms. The van der Waals surface area contributed by atoms with Gasteiger partial charge < -0.3 is 10.8 Å². The third-order valence-corrected chi connectivity index (χ3v) is 3.49. The molecule has 0 heterocycles. The summed E-state index contributed by atoms with van der Waals surface area (Å²) in [6, 6.07) is 3.39. The summed E-state index contributed by atoms with van der Waals surface area (Å²) < 4.78 is 0.853. The maximum absolute atomic E-state index is 9.79. The fourth-order valence-electron chi connectivity index (χ4n) is 1.71. The summed E-state index contributed by atoms with van der Waals surface area (Å²) in [5.41, 5.74) is 6.77. The minimum Gasteiger partial charge on any atom is -0.506 e. The lowest BCUT2D eigenvalue weighted by molar-refractivity contribution is 0.455. The Balaban J connectivity index is 0.00000128. The van der Waals surface area contributed by atoms with E-state index in [9.17, 15) is 5.11 Å². The van der Waals surface area contributed by atoms with E-state index in [1.165, 1.54) is 12.8 Å². The molecule has 0 amide bonds. The van der Waals surface area contributed by atoms with Crippen LogP contribution in [0.4, 0.5) is 0 Å². The normalized spacial score (nSPS) is 16.7. The lowest BCUT2D eigenvalue weighted by atomic mass is 10.0. The smallest absolute Gasteiger partial charge is 0.139 e. The molecule has 0 spiro atoms. The van der Waals surface area contributed by atoms with E-state index < -0.39 is 0 Å². The number of nitrogens with two attached hydrogens (primary N) is 1. The molecule has 1 aliphatic rings. The second-order valence-electron chi connectivity index (χ2n) is 4.11. The Hall–Kier alpha value is 0.0400. The van der Waals surface area contributed by atoms with Crippen molar-refractivity contribution in [2.45, 2.75) is 25.3 Å². The zero-order valence-electron chi connectivity index (χ0n) is 8.62. The van der Waals surface area contributed by atoms with Crippen molar-refractivity contribution in [2.24, 2.45) is 11.7 Å². The molecule has 0 saturated heterocycles. The second kappa shape index (κ2) is 5.58. The summed E-state index contributed by atoms with van der Waals surface area (Å²) >= 11 is 9.23. The van der Waals surface area contributed by atoms with Crippen LogP contribution in [0.1, 0.15) is 30.9 Å². The van der Waals surface area contributed by atoms with E-state index in [4.69, 9.17) is 17.3 Å². The Morgan fingerprint density at radius 3 is 2.69 bits per heavy atom. The molecule has 0 bridgehead atoms. The fourth-order valence-corrected chi connectivity index (χ4v) is 2.54. The fraction of sp³-hybridized carbons (Fsp3) is 0.455. The Labute approximate surface area is 115 Å². The molecule has 90 valence electrons. The number of phenolic OH excluding ortho intramolecular Hbond substituents is 1. The molecule has 3 N–H and O–H groups in total. The molecule has 1 atom stereocenters. The van der Waals surface area contributed by atoms with Gasteiger partial charge in [-0.2, -0.15) is 0 Å². The van der Waals surface area contributed by atoms with Gasteiger partial charge in [-0.25, -0.2) is 0 Å². The van der Waals surface area contributed by atoms with Crippen molar-refractivity contribution in [1.29, 1.82) is 0 Å². The van der Waals surface area contributed by atoms with E-state index >= 15 is 0 Å². The summed E-state index contributed by atoms with van der Waals surface area (Å²) in [5.74, 6) is 0.852. The molecule has 0 radical (unpaired) electrons. The van der Waals surface area contributed by atoms with E-state index in [0.29, 0.717) is 5.02 Å². The number of benzene rings is 1. The molecule has 2 nitrogen and oxygen atoms in total. The SMILES string of the molecule is Cl.N[C@H](CC1CC1)c1cc(Br)cc(Cl)c1O. The summed E-state index contributed by atoms with van der Waals surface area (Å²) in [6.07, 6.45) is 3.45. The standard InChI is InChI=1S/C11H13BrClNO.ClH/c12-7-4-8(11(15)9(13)5-7)10(14)3-6-1-2-6;/h4-6,10,15H,1-3,14H2;1H/t10-;/m1./s1. The quantitative estimate of drug-likeness (QED) is 0.880. The first-order valence-electron chi connectivity index (χ1n) is 5.01. The second-order valence-corrected chi connectivity index (χ2v) is 5.43. The molecular formula is C11H14BrCl2NO. The van der Waals surface area contributed by atoms with Crippen LogP contribution >= 0.6 is 39.9 Å². The number of hydrogen-bond acceptors (Lipinski definition) is 2. The van der Waals surface area contributed by atoms with Gasteiger partial charge in [-0.15, -0.1) is 12.4 Å². The summed E-state index contributed by atoms with van der Waals surface area (Å²) in [6.45, 7) is 0. The van der Waals surface area contributed by atoms with Crippen LogP contribution in [0.15, 0.2) is 16.6 Å². The molecule has 1 saturated carbocycles. The maximum Gasteiger partial charge on any atom is 0.139 e. The maximum atomic E-state index is 9.79. The predicted molar refractivity (Wildman–Crippen MR) is 72.3 cm³/mol. The minimum absolute atomic E-state index is 0. The molecule has 1 aliphatic carbocycles. The third kappa shape index (κ3) is 3.27. The van der Waals surface area contributed by atoms with Crippen molar-refractivity contribution in [3.63, 3.8) is 0 Å². The van der Waals surface area contributed by atoms with Crippen molar-refractivity contribution in [3.05, 3.63) is 27.2 Å². The van der Waals surface area contributed by atoms with Gasteiger partial charge in [-0.05, 0) is 24.5 Å². The highest BCUT2D eigenvalue weighted by molar-refractivity contribution is 9.10. The van der Waals surface area contributed by atoms with E-state index in [1.807, 2.05) is 6.07 Å². The van der Waals surface area contributed by atoms with Crippen molar-refractivity contribution in [3.8, 4) is 5.75 Å². The minimum atomic E-state index is -0.118. The lowest BCUT2D eigenvalue weighted by Crippen LogP contribution is -2.11. The number of hydrogen-bond donors (Lipinski definition) is 2. The molecule has 1 aromatic rings. The third-order valence-electron chi connectivity index (χ3n) is 2.74. The van der Waals surface area contributed by atoms with E-state index in [2.05, 4.69) is 15.9 Å². The highest BCUT2D eigenvalue weighted by Crippen LogP contribution is 2.41. The molecule has 5 heteroatoms. The number of aromatic hydroxyl groups is 1. The van der Waals surface area contributed by atoms with Crippen LogP contribution in [-0.4, -0.2) is 5.11 Å². The van der Waals surface area contributed by atoms with Crippen LogP contribution in [0, 0.1) is 5.92 Å². The highest BCUT2D eigenvalue weighted by atomic mass is 79.9. The van der Waals surface area contributed by atoms with Gasteiger partial charge in [0.05, 0.1) is 5.02 Å². The van der Waals surface area contributed by atoms with Gasteiger partial charge in [0.1, 0.15) is 5.75 Å². The first-order valence-corrected chi connectivity index (χ1v) is 6.18. The number of phenols is 1. The van der Waals surface area contributed by atoms with Crippen LogP contribution in [0.3, 0.4) is 0 Å². The van der Waals surface area contributed by atoms with E-state index in [-0.39, 0.29) is 24.2 Å².